The third kappa shape index (κ3) is 18.1. The van der Waals surface area contributed by atoms with Crippen molar-refractivity contribution >= 4 is 34.8 Å². The number of hydrogen-bond donors (Lipinski definition) is 3. The van der Waals surface area contributed by atoms with Crippen molar-refractivity contribution in [1.82, 2.24) is 0 Å². The van der Waals surface area contributed by atoms with Crippen LogP contribution in [-0.2, 0) is 0 Å². The van der Waals surface area contributed by atoms with Crippen LogP contribution in [0.1, 0.15) is 0 Å². The first-order valence-corrected chi connectivity index (χ1v) is 8.37. The molecular weight excluding hydrogens is 383 g/mol. The molecule has 0 aliphatic heterocycles. The Morgan fingerprint density at radius 2 is 0.600 bits per heavy atom. The third-order valence-electron chi connectivity index (χ3n) is 2.27. The number of benzene rings is 3. The fourth-order valence-corrected chi connectivity index (χ4v) is 1.28. The van der Waals surface area contributed by atoms with Crippen molar-refractivity contribution in [2.45, 2.75) is 4.30 Å². The van der Waals surface area contributed by atoms with E-state index in [1.165, 1.54) is 0 Å². The van der Waals surface area contributed by atoms with Gasteiger partial charge < -0.3 is 15.3 Å². The molecule has 0 heterocycles. The summed E-state index contributed by atoms with van der Waals surface area (Å²) < 4.78 is -0.750. The third-order valence-corrected chi connectivity index (χ3v) is 2.27. The molecule has 0 unspecified atom stereocenters. The van der Waals surface area contributed by atoms with Gasteiger partial charge in [-0.15, -0.1) is 0 Å². The number of rotatable bonds is 0. The van der Waals surface area contributed by atoms with Crippen molar-refractivity contribution in [1.29, 1.82) is 0 Å². The van der Waals surface area contributed by atoms with Crippen LogP contribution >= 0.6 is 34.8 Å². The zero-order chi connectivity index (χ0) is 18.9. The average Bonchev–Trinajstić information content (AvgIpc) is 2.58. The number of hydrogen-bond acceptors (Lipinski definition) is 3. The van der Waals surface area contributed by atoms with Gasteiger partial charge in [-0.3, -0.25) is 0 Å². The van der Waals surface area contributed by atoms with Gasteiger partial charge in [-0.1, -0.05) is 89.4 Å². The topological polar surface area (TPSA) is 60.7 Å². The minimum Gasteiger partial charge on any atom is -0.508 e. The zero-order valence-electron chi connectivity index (χ0n) is 13.2. The molecule has 3 nitrogen and oxygen atoms in total. The van der Waals surface area contributed by atoms with Gasteiger partial charge in [-0.25, -0.2) is 0 Å². The van der Waals surface area contributed by atoms with Crippen molar-refractivity contribution in [2.75, 3.05) is 0 Å². The van der Waals surface area contributed by atoms with Gasteiger partial charge in [0.05, 0.1) is 0 Å². The molecule has 3 aromatic rings. The van der Waals surface area contributed by atoms with E-state index in [4.69, 9.17) is 50.1 Å². The number of phenolic OH excluding ortho intramolecular Hbond substituents is 3. The second kappa shape index (κ2) is 15.5. The van der Waals surface area contributed by atoms with E-state index >= 15 is 0 Å². The van der Waals surface area contributed by atoms with E-state index in [0.29, 0.717) is 17.2 Å². The Morgan fingerprint density at radius 1 is 0.440 bits per heavy atom. The van der Waals surface area contributed by atoms with E-state index in [-0.39, 0.29) is 0 Å². The molecule has 3 aromatic carbocycles. The molecule has 0 amide bonds. The molecule has 0 aliphatic carbocycles. The fourth-order valence-electron chi connectivity index (χ4n) is 1.28. The van der Waals surface area contributed by atoms with Crippen LogP contribution in [-0.4, -0.2) is 19.6 Å². The first-order valence-electron chi connectivity index (χ1n) is 7.06. The lowest BCUT2D eigenvalue weighted by Crippen LogP contribution is -1.56. The highest BCUT2D eigenvalue weighted by Gasteiger charge is 1.79. The van der Waals surface area contributed by atoms with Crippen LogP contribution in [0.2, 0.25) is 0 Å². The quantitative estimate of drug-likeness (QED) is 0.395. The minimum atomic E-state index is -0.750. The highest BCUT2D eigenvalue weighted by atomic mass is 35.6. The second-order valence-corrected chi connectivity index (χ2v) is 6.23. The number of alkyl halides is 3. The summed E-state index contributed by atoms with van der Waals surface area (Å²) in [5, 5.41) is 25.9. The normalized spacial score (nSPS) is 8.64. The Hall–Kier alpha value is -2.07. The molecule has 25 heavy (non-hydrogen) atoms. The summed E-state index contributed by atoms with van der Waals surface area (Å²) in [7, 11) is 0. The lowest BCUT2D eigenvalue weighted by molar-refractivity contribution is 0.475. The van der Waals surface area contributed by atoms with Crippen LogP contribution in [0, 0.1) is 0 Å². The van der Waals surface area contributed by atoms with E-state index in [0.717, 1.165) is 0 Å². The molecule has 0 atom stereocenters. The largest absolute Gasteiger partial charge is 0.508 e. The number of para-hydroxylation sites is 3. The maximum Gasteiger partial charge on any atom is 0.180 e. The lowest BCUT2D eigenvalue weighted by atomic mass is 10.3. The first kappa shape index (κ1) is 22.9. The molecule has 0 saturated carbocycles. The zero-order valence-corrected chi connectivity index (χ0v) is 15.5. The van der Waals surface area contributed by atoms with Crippen molar-refractivity contribution in [3.8, 4) is 17.2 Å². The Bertz CT molecular complexity index is 544. The predicted octanol–water partition coefficient (Wildman–Crippen LogP) is 6.16. The van der Waals surface area contributed by atoms with Gasteiger partial charge in [0.2, 0.25) is 0 Å². The maximum atomic E-state index is 8.63. The van der Waals surface area contributed by atoms with Gasteiger partial charge in [-0.2, -0.15) is 0 Å². The highest BCUT2D eigenvalue weighted by Crippen LogP contribution is 2.04. The number of aromatic hydroxyl groups is 3. The molecule has 134 valence electrons. The van der Waals surface area contributed by atoms with Gasteiger partial charge in [-0.05, 0) is 36.4 Å². The summed E-state index contributed by atoms with van der Waals surface area (Å²) in [6, 6.07) is 26.1. The summed E-state index contributed by atoms with van der Waals surface area (Å²) in [5.41, 5.74) is 0. The minimum absolute atomic E-state index is 0.322. The van der Waals surface area contributed by atoms with Gasteiger partial charge >= 0.3 is 0 Å². The van der Waals surface area contributed by atoms with Crippen molar-refractivity contribution in [2.24, 2.45) is 0 Å². The molecule has 6 heteroatoms. The Balaban J connectivity index is 0.000000314. The van der Waals surface area contributed by atoms with Crippen LogP contribution in [0.15, 0.2) is 91.0 Å². The van der Waals surface area contributed by atoms with E-state index < -0.39 is 4.30 Å². The van der Waals surface area contributed by atoms with Crippen LogP contribution in [0.3, 0.4) is 0 Å². The molecule has 3 rings (SSSR count). The summed E-state index contributed by atoms with van der Waals surface area (Å²) in [4.78, 5) is 0. The molecule has 0 radical (unpaired) electrons. The fraction of sp³-hybridized carbons (Fsp3) is 0.0526. The Kier molecular flexibility index (Phi) is 14.2. The van der Waals surface area contributed by atoms with E-state index in [1.807, 2.05) is 18.2 Å². The Morgan fingerprint density at radius 3 is 0.680 bits per heavy atom. The van der Waals surface area contributed by atoms with E-state index in [2.05, 4.69) is 0 Å². The average molecular weight is 402 g/mol. The van der Waals surface area contributed by atoms with Crippen LogP contribution in [0.5, 0.6) is 17.2 Å². The molecule has 0 aliphatic rings. The van der Waals surface area contributed by atoms with Crippen LogP contribution in [0.25, 0.3) is 0 Å². The van der Waals surface area contributed by atoms with Gasteiger partial charge in [0.25, 0.3) is 0 Å². The second-order valence-electron chi connectivity index (χ2n) is 4.25. The molecule has 0 fully saturated rings. The van der Waals surface area contributed by atoms with Gasteiger partial charge in [0.15, 0.2) is 4.30 Å². The van der Waals surface area contributed by atoms with E-state index in [9.17, 15) is 0 Å². The van der Waals surface area contributed by atoms with Gasteiger partial charge in [0, 0.05) is 0 Å². The summed E-state index contributed by atoms with van der Waals surface area (Å²) in [5.74, 6) is 0.965. The van der Waals surface area contributed by atoms with E-state index in [1.54, 1.807) is 72.8 Å². The molecule has 0 aromatic heterocycles. The Labute approximate surface area is 162 Å². The summed E-state index contributed by atoms with van der Waals surface area (Å²) in [6.07, 6.45) is 0. The monoisotopic (exact) mass is 400 g/mol. The summed E-state index contributed by atoms with van der Waals surface area (Å²) >= 11 is 14.4. The lowest BCUT2D eigenvalue weighted by Gasteiger charge is -1.82. The molecule has 0 spiro atoms. The number of halogens is 3. The van der Waals surface area contributed by atoms with Crippen molar-refractivity contribution < 1.29 is 15.3 Å². The molecule has 0 bridgehead atoms. The van der Waals surface area contributed by atoms with Crippen LogP contribution < -0.4 is 0 Å². The number of phenols is 3. The predicted molar refractivity (Wildman–Crippen MR) is 106 cm³/mol. The van der Waals surface area contributed by atoms with Crippen molar-refractivity contribution in [3.05, 3.63) is 91.0 Å². The van der Waals surface area contributed by atoms with Gasteiger partial charge in [0.1, 0.15) is 17.2 Å². The summed E-state index contributed by atoms with van der Waals surface area (Å²) in [6.45, 7) is 0. The molecular formula is C19H19Cl3O3. The first-order chi connectivity index (χ1) is 11.9. The van der Waals surface area contributed by atoms with Crippen molar-refractivity contribution in [3.63, 3.8) is 0 Å². The molecule has 3 N–H and O–H groups in total. The highest BCUT2D eigenvalue weighted by molar-refractivity contribution is 6.63. The smallest absolute Gasteiger partial charge is 0.180 e. The standard InChI is InChI=1S/3C6H6O.CHCl3/c3*7-6-4-2-1-3-5-6;2-1(3)4/h3*1-5,7H;1H. The maximum absolute atomic E-state index is 8.63. The molecule has 0 saturated heterocycles. The SMILES string of the molecule is ClC(Cl)Cl.Oc1ccccc1.Oc1ccccc1.Oc1ccccc1. The van der Waals surface area contributed by atoms with Crippen LogP contribution in [0.4, 0.5) is 0 Å².